The maximum absolute atomic E-state index is 13.4. The zero-order chi connectivity index (χ0) is 16.7. The Kier molecular flexibility index (Phi) is 3.90. The van der Waals surface area contributed by atoms with Crippen molar-refractivity contribution in [2.75, 3.05) is 13.2 Å². The van der Waals surface area contributed by atoms with Crippen LogP contribution in [0, 0.1) is 5.92 Å². The number of rotatable bonds is 3. The standard InChI is InChI=1S/C17H21F2N3O2/c18-17(19)5-1-12(2-6-17)22-7-3-13-15(22)20-14(21-16(13)23)9-11-4-8-24-10-11/h3,7,11-12H,1-2,4-6,8-10H2,(H,20,21,23). The Balaban J connectivity index is 1.64. The van der Waals surface area contributed by atoms with Crippen LogP contribution in [0.25, 0.3) is 11.0 Å². The lowest BCUT2D eigenvalue weighted by molar-refractivity contribution is -0.0436. The molecule has 1 aliphatic carbocycles. The Morgan fingerprint density at radius 1 is 1.33 bits per heavy atom. The second kappa shape index (κ2) is 5.95. The van der Waals surface area contributed by atoms with E-state index in [9.17, 15) is 13.6 Å². The third-order valence-corrected chi connectivity index (χ3v) is 5.22. The van der Waals surface area contributed by atoms with Gasteiger partial charge in [-0.25, -0.2) is 13.8 Å². The largest absolute Gasteiger partial charge is 0.381 e. The molecule has 1 saturated heterocycles. The van der Waals surface area contributed by atoms with E-state index in [1.807, 2.05) is 10.8 Å². The number of hydrogen-bond acceptors (Lipinski definition) is 3. The Morgan fingerprint density at radius 2 is 2.12 bits per heavy atom. The Bertz CT molecular complexity index is 783. The van der Waals surface area contributed by atoms with Gasteiger partial charge in [0.1, 0.15) is 11.5 Å². The van der Waals surface area contributed by atoms with Crippen molar-refractivity contribution in [1.82, 2.24) is 14.5 Å². The number of aromatic nitrogens is 3. The Morgan fingerprint density at radius 3 is 2.83 bits per heavy atom. The van der Waals surface area contributed by atoms with Gasteiger partial charge in [0, 0.05) is 44.7 Å². The van der Waals surface area contributed by atoms with Crippen molar-refractivity contribution in [3.05, 3.63) is 28.4 Å². The maximum Gasteiger partial charge on any atom is 0.260 e. The first-order chi connectivity index (χ1) is 11.5. The smallest absolute Gasteiger partial charge is 0.260 e. The van der Waals surface area contributed by atoms with Crippen LogP contribution in [-0.2, 0) is 11.2 Å². The fourth-order valence-corrected chi connectivity index (χ4v) is 3.80. The average molecular weight is 337 g/mol. The lowest BCUT2D eigenvalue weighted by atomic mass is 9.92. The van der Waals surface area contributed by atoms with Gasteiger partial charge in [-0.3, -0.25) is 4.79 Å². The molecular formula is C17H21F2N3O2. The van der Waals surface area contributed by atoms with E-state index in [2.05, 4.69) is 9.97 Å². The molecule has 2 fully saturated rings. The topological polar surface area (TPSA) is 59.9 Å². The summed E-state index contributed by atoms with van der Waals surface area (Å²) in [6.45, 7) is 1.45. The third-order valence-electron chi connectivity index (χ3n) is 5.22. The summed E-state index contributed by atoms with van der Waals surface area (Å²) in [7, 11) is 0. The number of nitrogens with zero attached hydrogens (tertiary/aromatic N) is 2. The predicted molar refractivity (Wildman–Crippen MR) is 85.4 cm³/mol. The number of nitrogens with one attached hydrogen (secondary N) is 1. The van der Waals surface area contributed by atoms with E-state index in [4.69, 9.17) is 4.74 Å². The van der Waals surface area contributed by atoms with Gasteiger partial charge in [-0.1, -0.05) is 0 Å². The average Bonchev–Trinajstić information content (AvgIpc) is 3.17. The predicted octanol–water partition coefficient (Wildman–Crippen LogP) is 3.05. The highest BCUT2D eigenvalue weighted by atomic mass is 19.3. The normalized spacial score (nSPS) is 24.7. The molecule has 24 heavy (non-hydrogen) atoms. The molecule has 130 valence electrons. The summed E-state index contributed by atoms with van der Waals surface area (Å²) >= 11 is 0. The van der Waals surface area contributed by atoms with Gasteiger partial charge in [-0.2, -0.15) is 0 Å². The van der Waals surface area contributed by atoms with Crippen molar-refractivity contribution in [2.45, 2.75) is 50.5 Å². The second-order valence-corrected chi connectivity index (χ2v) is 6.99. The molecule has 1 saturated carbocycles. The molecule has 0 bridgehead atoms. The zero-order valence-electron chi connectivity index (χ0n) is 13.4. The van der Waals surface area contributed by atoms with E-state index in [1.54, 1.807) is 6.07 Å². The quantitative estimate of drug-likeness (QED) is 0.936. The molecule has 0 radical (unpaired) electrons. The van der Waals surface area contributed by atoms with E-state index in [0.29, 0.717) is 48.6 Å². The van der Waals surface area contributed by atoms with Gasteiger partial charge in [0.15, 0.2) is 0 Å². The van der Waals surface area contributed by atoms with E-state index in [-0.39, 0.29) is 24.4 Å². The van der Waals surface area contributed by atoms with Crippen LogP contribution in [0.3, 0.4) is 0 Å². The van der Waals surface area contributed by atoms with Crippen molar-refractivity contribution in [3.8, 4) is 0 Å². The van der Waals surface area contributed by atoms with E-state index in [1.165, 1.54) is 0 Å². The monoisotopic (exact) mass is 337 g/mol. The summed E-state index contributed by atoms with van der Waals surface area (Å²) in [5.74, 6) is -1.52. The molecular weight excluding hydrogens is 316 g/mol. The summed E-state index contributed by atoms with van der Waals surface area (Å²) in [5.41, 5.74) is 0.455. The highest BCUT2D eigenvalue weighted by Crippen LogP contribution is 2.39. The first-order valence-electron chi connectivity index (χ1n) is 8.57. The number of ether oxygens (including phenoxy) is 1. The molecule has 2 aliphatic rings. The molecule has 1 unspecified atom stereocenters. The number of fused-ring (bicyclic) bond motifs is 1. The molecule has 0 amide bonds. The third kappa shape index (κ3) is 2.97. The summed E-state index contributed by atoms with van der Waals surface area (Å²) in [6, 6.07) is 1.72. The molecule has 5 nitrogen and oxygen atoms in total. The van der Waals surface area contributed by atoms with Crippen LogP contribution in [0.15, 0.2) is 17.1 Å². The molecule has 7 heteroatoms. The van der Waals surface area contributed by atoms with Crippen molar-refractivity contribution >= 4 is 11.0 Å². The number of H-pyrrole nitrogens is 1. The molecule has 2 aromatic heterocycles. The highest BCUT2D eigenvalue weighted by Gasteiger charge is 2.36. The van der Waals surface area contributed by atoms with Crippen molar-refractivity contribution in [2.24, 2.45) is 5.92 Å². The molecule has 4 rings (SSSR count). The molecule has 3 heterocycles. The van der Waals surface area contributed by atoms with Gasteiger partial charge in [0.05, 0.1) is 5.39 Å². The Hall–Kier alpha value is -1.76. The number of halogens is 2. The van der Waals surface area contributed by atoms with Crippen molar-refractivity contribution in [1.29, 1.82) is 0 Å². The van der Waals surface area contributed by atoms with Gasteiger partial charge in [0.2, 0.25) is 5.92 Å². The number of hydrogen-bond donors (Lipinski definition) is 1. The minimum atomic E-state index is -2.56. The van der Waals surface area contributed by atoms with E-state index in [0.717, 1.165) is 13.0 Å². The van der Waals surface area contributed by atoms with Gasteiger partial charge >= 0.3 is 0 Å². The minimum Gasteiger partial charge on any atom is -0.381 e. The highest BCUT2D eigenvalue weighted by molar-refractivity contribution is 5.75. The lowest BCUT2D eigenvalue weighted by Crippen LogP contribution is -2.26. The Labute approximate surface area is 138 Å². The van der Waals surface area contributed by atoms with Crippen LogP contribution >= 0.6 is 0 Å². The molecule has 0 spiro atoms. The van der Waals surface area contributed by atoms with Gasteiger partial charge in [-0.15, -0.1) is 0 Å². The molecule has 1 atom stereocenters. The maximum atomic E-state index is 13.4. The van der Waals surface area contributed by atoms with Gasteiger partial charge in [0.25, 0.3) is 5.56 Å². The van der Waals surface area contributed by atoms with Crippen molar-refractivity contribution in [3.63, 3.8) is 0 Å². The van der Waals surface area contributed by atoms with E-state index >= 15 is 0 Å². The van der Waals surface area contributed by atoms with Crippen molar-refractivity contribution < 1.29 is 13.5 Å². The molecule has 1 N–H and O–H groups in total. The first kappa shape index (κ1) is 15.7. The summed E-state index contributed by atoms with van der Waals surface area (Å²) < 4.78 is 34.1. The van der Waals surface area contributed by atoms with Crippen LogP contribution in [0.5, 0.6) is 0 Å². The summed E-state index contributed by atoms with van der Waals surface area (Å²) in [4.78, 5) is 19.8. The summed E-state index contributed by atoms with van der Waals surface area (Å²) in [6.07, 6.45) is 4.08. The molecule has 0 aromatic carbocycles. The number of aromatic amines is 1. The van der Waals surface area contributed by atoms with Crippen LogP contribution in [0.1, 0.15) is 44.0 Å². The van der Waals surface area contributed by atoms with Crippen LogP contribution < -0.4 is 5.56 Å². The SMILES string of the molecule is O=c1[nH]c(CC2CCOC2)nc2c1ccn2C1CCC(F)(F)CC1. The van der Waals surface area contributed by atoms with Crippen LogP contribution in [-0.4, -0.2) is 33.7 Å². The fraction of sp³-hybridized carbons (Fsp3) is 0.647. The fourth-order valence-electron chi connectivity index (χ4n) is 3.80. The zero-order valence-corrected chi connectivity index (χ0v) is 13.4. The second-order valence-electron chi connectivity index (χ2n) is 6.99. The minimum absolute atomic E-state index is 0.0147. The molecule has 2 aromatic rings. The molecule has 1 aliphatic heterocycles. The van der Waals surface area contributed by atoms with E-state index < -0.39 is 5.92 Å². The lowest BCUT2D eigenvalue weighted by Gasteiger charge is -2.29. The number of alkyl halides is 2. The van der Waals surface area contributed by atoms with Gasteiger partial charge in [-0.05, 0) is 31.2 Å². The summed E-state index contributed by atoms with van der Waals surface area (Å²) in [5, 5.41) is 0.527. The first-order valence-corrected chi connectivity index (χ1v) is 8.57. The van der Waals surface area contributed by atoms with Gasteiger partial charge < -0.3 is 14.3 Å². The van der Waals surface area contributed by atoms with Crippen LogP contribution in [0.2, 0.25) is 0 Å². The van der Waals surface area contributed by atoms with Crippen LogP contribution in [0.4, 0.5) is 8.78 Å².